The van der Waals surface area contributed by atoms with E-state index in [0.717, 1.165) is 11.4 Å². The lowest BCUT2D eigenvalue weighted by Gasteiger charge is -2.06. The molecule has 18 heavy (non-hydrogen) atoms. The maximum absolute atomic E-state index is 11.6. The van der Waals surface area contributed by atoms with Gasteiger partial charge in [0.15, 0.2) is 0 Å². The van der Waals surface area contributed by atoms with Gasteiger partial charge in [-0.25, -0.2) is 0 Å². The maximum atomic E-state index is 11.6. The minimum atomic E-state index is -0.328. The Kier molecular flexibility index (Phi) is 5.70. The van der Waals surface area contributed by atoms with Crippen molar-refractivity contribution in [2.45, 2.75) is 25.7 Å². The number of benzene rings is 1. The second-order valence-corrected chi connectivity index (χ2v) is 3.95. The number of ether oxygens (including phenoxy) is 1. The number of carbonyl (C=O) groups excluding carboxylic acids is 2. The molecule has 0 aromatic heterocycles. The summed E-state index contributed by atoms with van der Waals surface area (Å²) in [5.74, 6) is 0.352. The number of hydrogen-bond acceptors (Lipinski definition) is 3. The van der Waals surface area contributed by atoms with Gasteiger partial charge in [-0.05, 0) is 37.1 Å². The summed E-state index contributed by atoms with van der Waals surface area (Å²) in [5.41, 5.74) is 5.74. The number of rotatable bonds is 7. The van der Waals surface area contributed by atoms with Crippen LogP contribution in [0.5, 0.6) is 5.75 Å². The quantitative estimate of drug-likeness (QED) is 0.722. The minimum Gasteiger partial charge on any atom is -0.497 e. The zero-order valence-electron chi connectivity index (χ0n) is 10.4. The van der Waals surface area contributed by atoms with Gasteiger partial charge in [0.1, 0.15) is 5.75 Å². The second-order valence-electron chi connectivity index (χ2n) is 3.95. The third kappa shape index (κ3) is 5.34. The molecule has 1 aromatic carbocycles. The summed E-state index contributed by atoms with van der Waals surface area (Å²) in [5, 5.41) is 2.77. The first-order valence-corrected chi connectivity index (χ1v) is 5.84. The molecule has 2 amide bonds. The summed E-state index contributed by atoms with van der Waals surface area (Å²) in [6.45, 7) is 0. The molecule has 0 saturated carbocycles. The molecule has 1 rings (SSSR count). The first-order valence-electron chi connectivity index (χ1n) is 5.84. The molecule has 1 aromatic rings. The number of primary amides is 1. The predicted molar refractivity (Wildman–Crippen MR) is 69.3 cm³/mol. The Balaban J connectivity index is 2.28. The number of nitrogens with one attached hydrogen (secondary N) is 1. The largest absolute Gasteiger partial charge is 0.497 e. The average molecular weight is 250 g/mol. The standard InChI is InChI=1S/C13H18N2O3/c1-18-11-8-6-10(7-9-11)15-13(17)5-3-2-4-12(14)16/h6-9H,2-5H2,1H3,(H2,14,16)(H,15,17). The number of carbonyl (C=O) groups is 2. The number of amides is 2. The molecule has 0 heterocycles. The summed E-state index contributed by atoms with van der Waals surface area (Å²) in [6.07, 6.45) is 2.02. The number of unbranched alkanes of at least 4 members (excludes halogenated alkanes) is 1. The van der Waals surface area contributed by atoms with E-state index in [-0.39, 0.29) is 11.8 Å². The van der Waals surface area contributed by atoms with E-state index in [0.29, 0.717) is 25.7 Å². The van der Waals surface area contributed by atoms with E-state index >= 15 is 0 Å². The highest BCUT2D eigenvalue weighted by atomic mass is 16.5. The van der Waals surface area contributed by atoms with Gasteiger partial charge in [-0.2, -0.15) is 0 Å². The Hall–Kier alpha value is -2.04. The summed E-state index contributed by atoms with van der Waals surface area (Å²) in [4.78, 5) is 22.1. The minimum absolute atomic E-state index is 0.0652. The van der Waals surface area contributed by atoms with E-state index in [1.54, 1.807) is 31.4 Å². The Labute approximate surface area is 106 Å². The van der Waals surface area contributed by atoms with Crippen molar-refractivity contribution < 1.29 is 14.3 Å². The molecule has 0 atom stereocenters. The van der Waals surface area contributed by atoms with E-state index in [4.69, 9.17) is 10.5 Å². The molecule has 0 fully saturated rings. The maximum Gasteiger partial charge on any atom is 0.224 e. The summed E-state index contributed by atoms with van der Waals surface area (Å²) in [6, 6.07) is 7.12. The van der Waals surface area contributed by atoms with E-state index in [9.17, 15) is 9.59 Å². The topological polar surface area (TPSA) is 81.4 Å². The number of nitrogens with two attached hydrogens (primary N) is 1. The monoisotopic (exact) mass is 250 g/mol. The van der Waals surface area contributed by atoms with Crippen LogP contribution in [0.3, 0.4) is 0 Å². The lowest BCUT2D eigenvalue weighted by Crippen LogP contribution is -2.12. The SMILES string of the molecule is COc1ccc(NC(=O)CCCCC(N)=O)cc1. The highest BCUT2D eigenvalue weighted by Crippen LogP contribution is 2.15. The smallest absolute Gasteiger partial charge is 0.224 e. The van der Waals surface area contributed by atoms with Crippen molar-refractivity contribution in [3.63, 3.8) is 0 Å². The van der Waals surface area contributed by atoms with Gasteiger partial charge < -0.3 is 15.8 Å². The van der Waals surface area contributed by atoms with Gasteiger partial charge in [0, 0.05) is 18.5 Å². The molecule has 0 spiro atoms. The Morgan fingerprint density at radius 1 is 1.17 bits per heavy atom. The zero-order chi connectivity index (χ0) is 13.4. The summed E-state index contributed by atoms with van der Waals surface area (Å²) < 4.78 is 5.02. The van der Waals surface area contributed by atoms with Crippen LogP contribution >= 0.6 is 0 Å². The lowest BCUT2D eigenvalue weighted by atomic mass is 10.2. The first kappa shape index (κ1) is 14.0. The fourth-order valence-electron chi connectivity index (χ4n) is 1.48. The molecule has 0 aliphatic rings. The van der Waals surface area contributed by atoms with Gasteiger partial charge in [-0.15, -0.1) is 0 Å². The Bertz CT molecular complexity index is 401. The molecule has 0 radical (unpaired) electrons. The molecule has 5 heteroatoms. The van der Waals surface area contributed by atoms with E-state index in [1.165, 1.54) is 0 Å². The van der Waals surface area contributed by atoms with Gasteiger partial charge in [0.25, 0.3) is 0 Å². The summed E-state index contributed by atoms with van der Waals surface area (Å²) >= 11 is 0. The van der Waals surface area contributed by atoms with Crippen molar-refractivity contribution in [2.75, 3.05) is 12.4 Å². The van der Waals surface area contributed by atoms with Crippen LogP contribution in [0.1, 0.15) is 25.7 Å². The third-order valence-corrected chi connectivity index (χ3v) is 2.45. The summed E-state index contributed by atoms with van der Waals surface area (Å²) in [7, 11) is 1.59. The third-order valence-electron chi connectivity index (χ3n) is 2.45. The van der Waals surface area contributed by atoms with Crippen molar-refractivity contribution in [3.8, 4) is 5.75 Å². The van der Waals surface area contributed by atoms with Crippen LogP contribution in [0.15, 0.2) is 24.3 Å². The molecule has 0 aliphatic heterocycles. The Morgan fingerprint density at radius 2 is 1.78 bits per heavy atom. The molecular weight excluding hydrogens is 232 g/mol. The van der Waals surface area contributed by atoms with Crippen molar-refractivity contribution >= 4 is 17.5 Å². The molecule has 0 unspecified atom stereocenters. The van der Waals surface area contributed by atoms with E-state index in [1.807, 2.05) is 0 Å². The molecule has 98 valence electrons. The van der Waals surface area contributed by atoms with Crippen molar-refractivity contribution in [1.29, 1.82) is 0 Å². The molecule has 0 saturated heterocycles. The molecule has 0 aliphatic carbocycles. The van der Waals surface area contributed by atoms with Crippen LogP contribution in [-0.4, -0.2) is 18.9 Å². The zero-order valence-corrected chi connectivity index (χ0v) is 10.4. The van der Waals surface area contributed by atoms with Crippen LogP contribution in [0, 0.1) is 0 Å². The first-order chi connectivity index (χ1) is 8.61. The number of anilines is 1. The fourth-order valence-corrected chi connectivity index (χ4v) is 1.48. The molecular formula is C13H18N2O3. The predicted octanol–water partition coefficient (Wildman–Crippen LogP) is 1.68. The van der Waals surface area contributed by atoms with E-state index in [2.05, 4.69) is 5.32 Å². The lowest BCUT2D eigenvalue weighted by molar-refractivity contribution is -0.119. The van der Waals surface area contributed by atoms with Crippen LogP contribution in [0.25, 0.3) is 0 Å². The Morgan fingerprint density at radius 3 is 2.33 bits per heavy atom. The van der Waals surface area contributed by atoms with Gasteiger partial charge >= 0.3 is 0 Å². The fraction of sp³-hybridized carbons (Fsp3) is 0.385. The molecule has 5 nitrogen and oxygen atoms in total. The second kappa shape index (κ2) is 7.32. The van der Waals surface area contributed by atoms with E-state index < -0.39 is 0 Å². The van der Waals surface area contributed by atoms with Gasteiger partial charge in [0.05, 0.1) is 7.11 Å². The van der Waals surface area contributed by atoms with Crippen LogP contribution in [-0.2, 0) is 9.59 Å². The number of methoxy groups -OCH3 is 1. The van der Waals surface area contributed by atoms with Gasteiger partial charge in [-0.1, -0.05) is 0 Å². The highest BCUT2D eigenvalue weighted by molar-refractivity contribution is 5.90. The van der Waals surface area contributed by atoms with Crippen LogP contribution < -0.4 is 15.8 Å². The molecule has 0 bridgehead atoms. The van der Waals surface area contributed by atoms with Crippen molar-refractivity contribution in [2.24, 2.45) is 5.73 Å². The van der Waals surface area contributed by atoms with Crippen molar-refractivity contribution in [1.82, 2.24) is 0 Å². The number of hydrogen-bond donors (Lipinski definition) is 2. The van der Waals surface area contributed by atoms with Crippen LogP contribution in [0.2, 0.25) is 0 Å². The normalized spacial score (nSPS) is 9.83. The molecule has 3 N–H and O–H groups in total. The average Bonchev–Trinajstić information content (AvgIpc) is 2.35. The highest BCUT2D eigenvalue weighted by Gasteiger charge is 2.03. The van der Waals surface area contributed by atoms with Gasteiger partial charge in [0.2, 0.25) is 11.8 Å². The van der Waals surface area contributed by atoms with Crippen molar-refractivity contribution in [3.05, 3.63) is 24.3 Å². The van der Waals surface area contributed by atoms with Gasteiger partial charge in [-0.3, -0.25) is 9.59 Å². The van der Waals surface area contributed by atoms with Crippen LogP contribution in [0.4, 0.5) is 5.69 Å².